The molecule has 0 saturated carbocycles. The molecule has 2 heterocycles. The molecule has 0 aliphatic heterocycles. The van der Waals surface area contributed by atoms with Gasteiger partial charge in [0.15, 0.2) is 0 Å². The highest BCUT2D eigenvalue weighted by Crippen LogP contribution is 2.32. The predicted molar refractivity (Wildman–Crippen MR) is 88.5 cm³/mol. The number of anilines is 1. The second kappa shape index (κ2) is 5.54. The van der Waals surface area contributed by atoms with E-state index in [1.54, 1.807) is 18.3 Å². The van der Waals surface area contributed by atoms with Crippen LogP contribution in [0.4, 0.5) is 10.1 Å². The first-order chi connectivity index (χ1) is 10.5. The third kappa shape index (κ3) is 2.50. The number of halogens is 2. The second-order valence-electron chi connectivity index (χ2n) is 5.22. The Balaban J connectivity index is 2.30. The Hall–Kier alpha value is -2.20. The van der Waals surface area contributed by atoms with Crippen LogP contribution in [0.5, 0.6) is 0 Å². The number of pyridine rings is 2. The minimum Gasteiger partial charge on any atom is -0.396 e. The molecule has 3 rings (SSSR count). The number of nitrogens with two attached hydrogens (primary N) is 1. The zero-order valence-electron chi connectivity index (χ0n) is 12.3. The molecule has 0 radical (unpaired) electrons. The van der Waals surface area contributed by atoms with E-state index in [4.69, 9.17) is 17.3 Å². The van der Waals surface area contributed by atoms with Crippen LogP contribution in [-0.4, -0.2) is 9.97 Å². The van der Waals surface area contributed by atoms with Gasteiger partial charge in [0, 0.05) is 28.9 Å². The largest absolute Gasteiger partial charge is 0.396 e. The van der Waals surface area contributed by atoms with Crippen molar-refractivity contribution >= 4 is 28.2 Å². The maximum Gasteiger partial charge on any atom is 0.146 e. The van der Waals surface area contributed by atoms with Gasteiger partial charge in [0.25, 0.3) is 0 Å². The molecule has 3 nitrogen and oxygen atoms in total. The highest BCUT2D eigenvalue weighted by atomic mass is 35.5. The van der Waals surface area contributed by atoms with Crippen LogP contribution in [0.3, 0.4) is 0 Å². The molecule has 5 heteroatoms. The lowest BCUT2D eigenvalue weighted by atomic mass is 9.96. The molecule has 22 heavy (non-hydrogen) atoms. The van der Waals surface area contributed by atoms with Crippen molar-refractivity contribution in [3.05, 3.63) is 52.7 Å². The van der Waals surface area contributed by atoms with Gasteiger partial charge in [-0.2, -0.15) is 0 Å². The molecule has 0 aliphatic rings. The maximum absolute atomic E-state index is 13.6. The van der Waals surface area contributed by atoms with E-state index in [1.165, 1.54) is 6.07 Å². The summed E-state index contributed by atoms with van der Waals surface area (Å²) in [5.74, 6) is -0.401. The predicted octanol–water partition coefficient (Wildman–Crippen LogP) is 4.54. The number of hydrogen-bond donors (Lipinski definition) is 1. The van der Waals surface area contributed by atoms with E-state index < -0.39 is 5.82 Å². The van der Waals surface area contributed by atoms with Crippen molar-refractivity contribution in [1.82, 2.24) is 9.97 Å². The minimum absolute atomic E-state index is 0.136. The molecule has 0 aliphatic carbocycles. The Labute approximate surface area is 133 Å². The topological polar surface area (TPSA) is 51.8 Å². The Morgan fingerprint density at radius 1 is 1.18 bits per heavy atom. The van der Waals surface area contributed by atoms with E-state index in [0.29, 0.717) is 5.15 Å². The van der Waals surface area contributed by atoms with Gasteiger partial charge in [-0.3, -0.25) is 4.98 Å². The Kier molecular flexibility index (Phi) is 3.71. The van der Waals surface area contributed by atoms with Crippen LogP contribution in [0, 0.1) is 12.7 Å². The van der Waals surface area contributed by atoms with E-state index in [1.807, 2.05) is 19.9 Å². The second-order valence-corrected chi connectivity index (χ2v) is 5.61. The zero-order chi connectivity index (χ0) is 15.9. The number of hydrogen-bond acceptors (Lipinski definition) is 3. The van der Waals surface area contributed by atoms with Crippen molar-refractivity contribution in [2.45, 2.75) is 20.3 Å². The number of rotatable bonds is 2. The fraction of sp³-hybridized carbons (Fsp3) is 0.176. The van der Waals surface area contributed by atoms with Crippen molar-refractivity contribution in [3.8, 4) is 11.1 Å². The molecule has 0 atom stereocenters. The molecule has 0 unspecified atom stereocenters. The average Bonchev–Trinajstić information content (AvgIpc) is 2.49. The molecule has 2 N–H and O–H groups in total. The smallest absolute Gasteiger partial charge is 0.146 e. The van der Waals surface area contributed by atoms with Crippen LogP contribution in [0.1, 0.15) is 18.2 Å². The van der Waals surface area contributed by atoms with Gasteiger partial charge >= 0.3 is 0 Å². The van der Waals surface area contributed by atoms with Gasteiger partial charge < -0.3 is 5.73 Å². The Bertz CT molecular complexity index is 877. The molecule has 0 fully saturated rings. The van der Waals surface area contributed by atoms with E-state index in [0.717, 1.165) is 39.7 Å². The quantitative estimate of drug-likeness (QED) is 0.558. The molecule has 3 aromatic rings. The third-order valence-corrected chi connectivity index (χ3v) is 3.92. The van der Waals surface area contributed by atoms with Gasteiger partial charge in [0.1, 0.15) is 11.0 Å². The van der Waals surface area contributed by atoms with Gasteiger partial charge in [-0.05, 0) is 42.7 Å². The van der Waals surface area contributed by atoms with E-state index in [9.17, 15) is 4.39 Å². The van der Waals surface area contributed by atoms with Crippen LogP contribution in [-0.2, 0) is 6.42 Å². The molecular weight excluding hydrogens is 301 g/mol. The number of benzene rings is 1. The maximum atomic E-state index is 13.6. The first-order valence-corrected chi connectivity index (χ1v) is 7.38. The molecule has 0 amide bonds. The lowest BCUT2D eigenvalue weighted by molar-refractivity contribution is 0.631. The summed E-state index contributed by atoms with van der Waals surface area (Å²) in [6.45, 7) is 3.89. The van der Waals surface area contributed by atoms with Crippen LogP contribution < -0.4 is 5.73 Å². The summed E-state index contributed by atoms with van der Waals surface area (Å²) in [6.07, 6.45) is 2.44. The molecule has 0 bridgehead atoms. The fourth-order valence-electron chi connectivity index (χ4n) is 2.57. The van der Waals surface area contributed by atoms with E-state index in [-0.39, 0.29) is 5.69 Å². The normalized spacial score (nSPS) is 11.1. The number of nitrogen functional groups attached to an aromatic ring is 1. The molecule has 112 valence electrons. The molecule has 0 saturated heterocycles. The van der Waals surface area contributed by atoms with E-state index in [2.05, 4.69) is 9.97 Å². The summed E-state index contributed by atoms with van der Waals surface area (Å²) in [7, 11) is 0. The Morgan fingerprint density at radius 2 is 1.95 bits per heavy atom. The first kappa shape index (κ1) is 14.7. The van der Waals surface area contributed by atoms with Gasteiger partial charge in [-0.1, -0.05) is 18.5 Å². The van der Waals surface area contributed by atoms with Crippen LogP contribution >= 0.6 is 11.6 Å². The lowest BCUT2D eigenvalue weighted by Gasteiger charge is -2.13. The van der Waals surface area contributed by atoms with Crippen molar-refractivity contribution in [2.75, 3.05) is 5.73 Å². The highest BCUT2D eigenvalue weighted by molar-refractivity contribution is 6.30. The summed E-state index contributed by atoms with van der Waals surface area (Å²) >= 11 is 5.93. The van der Waals surface area contributed by atoms with Crippen molar-refractivity contribution in [1.29, 1.82) is 0 Å². The molecule has 0 spiro atoms. The SMILES string of the molecule is CCc1nc2cc(Cl)ncc2cc1-c1cc(N)c(F)cc1C. The summed E-state index contributed by atoms with van der Waals surface area (Å²) in [5.41, 5.74) is 10.2. The summed E-state index contributed by atoms with van der Waals surface area (Å²) in [6, 6.07) is 6.86. The molecular formula is C17H15ClFN3. The fourth-order valence-corrected chi connectivity index (χ4v) is 2.72. The highest BCUT2D eigenvalue weighted by Gasteiger charge is 2.13. The monoisotopic (exact) mass is 315 g/mol. The van der Waals surface area contributed by atoms with Gasteiger partial charge in [-0.15, -0.1) is 0 Å². The number of aromatic nitrogens is 2. The van der Waals surface area contributed by atoms with Crippen molar-refractivity contribution < 1.29 is 4.39 Å². The Morgan fingerprint density at radius 3 is 2.68 bits per heavy atom. The summed E-state index contributed by atoms with van der Waals surface area (Å²) in [4.78, 5) is 8.76. The first-order valence-electron chi connectivity index (χ1n) is 7.00. The van der Waals surface area contributed by atoms with E-state index >= 15 is 0 Å². The van der Waals surface area contributed by atoms with Gasteiger partial charge in [0.05, 0.1) is 11.2 Å². The van der Waals surface area contributed by atoms with Crippen molar-refractivity contribution in [2.24, 2.45) is 0 Å². The number of nitrogens with zero attached hydrogens (tertiary/aromatic N) is 2. The summed E-state index contributed by atoms with van der Waals surface area (Å²) < 4.78 is 13.6. The average molecular weight is 316 g/mol. The van der Waals surface area contributed by atoms with Crippen LogP contribution in [0.25, 0.3) is 22.0 Å². The standard InChI is InChI=1S/C17H15ClFN3/c1-3-15-12(11-6-14(20)13(19)4-9(11)2)5-10-8-21-17(18)7-16(10)22-15/h4-8H,3,20H2,1-2H3. The molecule has 1 aromatic carbocycles. The molecule has 2 aromatic heterocycles. The lowest BCUT2D eigenvalue weighted by Crippen LogP contribution is -1.98. The van der Waals surface area contributed by atoms with Gasteiger partial charge in [0.2, 0.25) is 0 Å². The zero-order valence-corrected chi connectivity index (χ0v) is 13.1. The van der Waals surface area contributed by atoms with Crippen molar-refractivity contribution in [3.63, 3.8) is 0 Å². The number of fused-ring (bicyclic) bond motifs is 1. The van der Waals surface area contributed by atoms with Gasteiger partial charge in [-0.25, -0.2) is 9.37 Å². The minimum atomic E-state index is -0.401. The number of aryl methyl sites for hydroxylation is 2. The van der Waals surface area contributed by atoms with Crippen LogP contribution in [0.15, 0.2) is 30.5 Å². The third-order valence-electron chi connectivity index (χ3n) is 3.71. The summed E-state index contributed by atoms with van der Waals surface area (Å²) in [5, 5.41) is 1.30. The van der Waals surface area contributed by atoms with Crippen LogP contribution in [0.2, 0.25) is 5.15 Å².